The molecule has 2 aromatic heterocycles. The van der Waals surface area contributed by atoms with Crippen molar-refractivity contribution in [2.45, 2.75) is 20.4 Å². The minimum Gasteiger partial charge on any atom is -0.494 e. The molecule has 0 aromatic carbocycles. The van der Waals surface area contributed by atoms with E-state index in [9.17, 15) is 9.59 Å². The smallest absolute Gasteiger partial charge is 0.339 e. The molecule has 0 aliphatic carbocycles. The Labute approximate surface area is 139 Å². The van der Waals surface area contributed by atoms with Crippen molar-refractivity contribution in [3.8, 4) is 5.75 Å². The van der Waals surface area contributed by atoms with Gasteiger partial charge in [0.25, 0.3) is 5.91 Å². The zero-order chi connectivity index (χ0) is 16.4. The highest BCUT2D eigenvalue weighted by Crippen LogP contribution is 2.39. The lowest BCUT2D eigenvalue weighted by molar-refractivity contribution is 0.0694. The molecule has 2 N–H and O–H groups in total. The van der Waals surface area contributed by atoms with Crippen LogP contribution in [0.1, 0.15) is 36.4 Å². The molecule has 0 unspecified atom stereocenters. The van der Waals surface area contributed by atoms with Crippen molar-refractivity contribution in [2.75, 3.05) is 7.11 Å². The lowest BCUT2D eigenvalue weighted by atomic mass is 10.2. The van der Waals surface area contributed by atoms with E-state index >= 15 is 0 Å². The van der Waals surface area contributed by atoms with Gasteiger partial charge in [-0.15, -0.1) is 11.3 Å². The molecule has 2 heterocycles. The number of rotatable bonds is 5. The van der Waals surface area contributed by atoms with Crippen LogP contribution in [0.15, 0.2) is 15.0 Å². The maximum absolute atomic E-state index is 12.2. The van der Waals surface area contributed by atoms with Crippen molar-refractivity contribution >= 4 is 39.1 Å². The molecule has 0 saturated carbocycles. The van der Waals surface area contributed by atoms with Crippen LogP contribution in [-0.4, -0.2) is 24.1 Å². The summed E-state index contributed by atoms with van der Waals surface area (Å²) in [5.41, 5.74) is 0.0940. The Morgan fingerprint density at radius 3 is 2.68 bits per heavy atom. The molecule has 0 aliphatic heterocycles. The molecule has 2 rings (SSSR count). The number of ether oxygens (including phenoxy) is 1. The van der Waals surface area contributed by atoms with E-state index in [2.05, 4.69) is 21.2 Å². The fourth-order valence-corrected chi connectivity index (χ4v) is 3.59. The molecular weight excluding hydrogens is 374 g/mol. The second-order valence-electron chi connectivity index (χ2n) is 4.51. The largest absolute Gasteiger partial charge is 0.494 e. The average Bonchev–Trinajstić information content (AvgIpc) is 2.97. The third-order valence-corrected chi connectivity index (χ3v) is 5.31. The third kappa shape index (κ3) is 3.17. The number of carboxylic acid groups (broad SMARTS) is 1. The number of furan rings is 1. The van der Waals surface area contributed by atoms with E-state index in [1.165, 1.54) is 24.5 Å². The summed E-state index contributed by atoms with van der Waals surface area (Å²) in [4.78, 5) is 24.6. The van der Waals surface area contributed by atoms with Crippen molar-refractivity contribution < 1.29 is 23.8 Å². The molecule has 0 radical (unpaired) electrons. The summed E-state index contributed by atoms with van der Waals surface area (Å²) in [5.74, 6) is -0.180. The van der Waals surface area contributed by atoms with Gasteiger partial charge in [-0.25, -0.2) is 4.79 Å². The number of aryl methyl sites for hydroxylation is 2. The first kappa shape index (κ1) is 16.6. The lowest BCUT2D eigenvalue weighted by Gasteiger charge is -2.04. The second-order valence-corrected chi connectivity index (χ2v) is 6.52. The number of carbonyl (C=O) groups excluding carboxylic acids is 1. The highest BCUT2D eigenvalue weighted by atomic mass is 79.9. The first-order valence-corrected chi connectivity index (χ1v) is 7.89. The van der Waals surface area contributed by atoms with E-state index in [1.807, 2.05) is 6.92 Å². The maximum atomic E-state index is 12.2. The Kier molecular flexibility index (Phi) is 4.92. The predicted molar refractivity (Wildman–Crippen MR) is 84.9 cm³/mol. The average molecular weight is 388 g/mol. The minimum absolute atomic E-state index is 0.0940. The molecule has 6 nitrogen and oxygen atoms in total. The third-order valence-electron chi connectivity index (χ3n) is 3.00. The molecule has 0 spiro atoms. The number of nitrogens with one attached hydrogen (secondary N) is 1. The van der Waals surface area contributed by atoms with Crippen molar-refractivity contribution in [1.29, 1.82) is 0 Å². The Bertz CT molecular complexity index is 734. The summed E-state index contributed by atoms with van der Waals surface area (Å²) in [7, 11) is 1.50. The van der Waals surface area contributed by atoms with Crippen LogP contribution < -0.4 is 10.1 Å². The topological polar surface area (TPSA) is 88.8 Å². The van der Waals surface area contributed by atoms with E-state index in [-0.39, 0.29) is 18.0 Å². The zero-order valence-corrected chi connectivity index (χ0v) is 14.6. The Morgan fingerprint density at radius 2 is 2.14 bits per heavy atom. The van der Waals surface area contributed by atoms with Gasteiger partial charge in [-0.2, -0.15) is 0 Å². The van der Waals surface area contributed by atoms with Gasteiger partial charge in [0.2, 0.25) is 0 Å². The molecule has 118 valence electrons. The van der Waals surface area contributed by atoms with E-state index in [4.69, 9.17) is 14.3 Å². The second kappa shape index (κ2) is 6.53. The van der Waals surface area contributed by atoms with Crippen molar-refractivity contribution in [3.05, 3.63) is 37.4 Å². The number of thiophene rings is 1. The van der Waals surface area contributed by atoms with Gasteiger partial charge in [0.1, 0.15) is 22.0 Å². The quantitative estimate of drug-likeness (QED) is 0.820. The Morgan fingerprint density at radius 1 is 1.45 bits per heavy atom. The predicted octanol–water partition coefficient (Wildman–Crippen LogP) is 3.36. The minimum atomic E-state index is -1.06. The molecule has 0 aliphatic rings. The van der Waals surface area contributed by atoms with Crippen LogP contribution in [0.2, 0.25) is 0 Å². The fourth-order valence-electron chi connectivity index (χ4n) is 1.93. The van der Waals surface area contributed by atoms with Gasteiger partial charge in [0, 0.05) is 4.88 Å². The number of amides is 1. The van der Waals surface area contributed by atoms with E-state index in [1.54, 1.807) is 6.92 Å². The van der Waals surface area contributed by atoms with Gasteiger partial charge < -0.3 is 19.6 Å². The highest BCUT2D eigenvalue weighted by Gasteiger charge is 2.21. The van der Waals surface area contributed by atoms with Crippen molar-refractivity contribution in [3.63, 3.8) is 0 Å². The Hall–Kier alpha value is -1.80. The molecular formula is C14H14BrNO5S. The standard InChI is InChI=1S/C14H14BrNO5S/c1-6-9(14(18)19)4-8(21-6)5-16-13(17)12-11(20-3)10(15)7(2)22-12/h4H,5H2,1-3H3,(H,16,17)(H,18,19). The number of halogens is 1. The molecule has 0 saturated heterocycles. The normalized spacial score (nSPS) is 10.5. The Balaban J connectivity index is 2.12. The number of carboxylic acids is 1. The molecule has 0 fully saturated rings. The van der Waals surface area contributed by atoms with Gasteiger partial charge in [-0.1, -0.05) is 0 Å². The van der Waals surface area contributed by atoms with Crippen molar-refractivity contribution in [1.82, 2.24) is 5.32 Å². The van der Waals surface area contributed by atoms with Gasteiger partial charge in [0.15, 0.2) is 5.75 Å². The van der Waals surface area contributed by atoms with Crippen LogP contribution in [0.5, 0.6) is 5.75 Å². The van der Waals surface area contributed by atoms with Gasteiger partial charge in [-0.05, 0) is 35.8 Å². The summed E-state index contributed by atoms with van der Waals surface area (Å²) in [6, 6.07) is 1.41. The van der Waals surface area contributed by atoms with Gasteiger partial charge in [0.05, 0.1) is 18.1 Å². The van der Waals surface area contributed by atoms with Gasteiger partial charge in [-0.3, -0.25) is 4.79 Å². The monoisotopic (exact) mass is 387 g/mol. The summed E-state index contributed by atoms with van der Waals surface area (Å²) in [6.45, 7) is 3.55. The summed E-state index contributed by atoms with van der Waals surface area (Å²) < 4.78 is 11.3. The molecule has 0 bridgehead atoms. The van der Waals surface area contributed by atoms with Crippen LogP contribution in [0.25, 0.3) is 0 Å². The van der Waals surface area contributed by atoms with Crippen LogP contribution >= 0.6 is 27.3 Å². The number of hydrogen-bond donors (Lipinski definition) is 2. The molecule has 2 aromatic rings. The fraction of sp³-hybridized carbons (Fsp3) is 0.286. The summed E-state index contributed by atoms with van der Waals surface area (Å²) >= 11 is 4.69. The zero-order valence-electron chi connectivity index (χ0n) is 12.2. The first-order valence-electron chi connectivity index (χ1n) is 6.28. The lowest BCUT2D eigenvalue weighted by Crippen LogP contribution is -2.22. The summed E-state index contributed by atoms with van der Waals surface area (Å²) in [6.07, 6.45) is 0. The van der Waals surface area contributed by atoms with E-state index in [0.717, 1.165) is 9.35 Å². The first-order chi connectivity index (χ1) is 10.3. The maximum Gasteiger partial charge on any atom is 0.339 e. The number of methoxy groups -OCH3 is 1. The number of carbonyl (C=O) groups is 2. The number of hydrogen-bond acceptors (Lipinski definition) is 5. The van der Waals surface area contributed by atoms with Crippen LogP contribution in [0, 0.1) is 13.8 Å². The van der Waals surface area contributed by atoms with E-state index < -0.39 is 5.97 Å². The number of aromatic carboxylic acids is 1. The summed E-state index contributed by atoms with van der Waals surface area (Å²) in [5, 5.41) is 11.7. The van der Waals surface area contributed by atoms with E-state index in [0.29, 0.717) is 22.1 Å². The van der Waals surface area contributed by atoms with Crippen molar-refractivity contribution in [2.24, 2.45) is 0 Å². The molecule has 22 heavy (non-hydrogen) atoms. The molecule has 1 amide bonds. The van der Waals surface area contributed by atoms with Crippen LogP contribution in [0.3, 0.4) is 0 Å². The van der Waals surface area contributed by atoms with Gasteiger partial charge >= 0.3 is 5.97 Å². The SMILES string of the molecule is COc1c(C(=O)NCc2cc(C(=O)O)c(C)o2)sc(C)c1Br. The molecule has 8 heteroatoms. The highest BCUT2D eigenvalue weighted by molar-refractivity contribution is 9.10. The van der Waals surface area contributed by atoms with Crippen LogP contribution in [0.4, 0.5) is 0 Å². The van der Waals surface area contributed by atoms with Crippen LogP contribution in [-0.2, 0) is 6.54 Å². The molecule has 0 atom stereocenters.